The van der Waals surface area contributed by atoms with Crippen molar-refractivity contribution in [1.82, 2.24) is 4.98 Å². The van der Waals surface area contributed by atoms with E-state index in [0.29, 0.717) is 16.3 Å². The van der Waals surface area contributed by atoms with Crippen LogP contribution < -0.4 is 10.1 Å². The summed E-state index contributed by atoms with van der Waals surface area (Å²) in [5, 5.41) is 2.98. The first kappa shape index (κ1) is 19.8. The van der Waals surface area contributed by atoms with Gasteiger partial charge in [0.15, 0.2) is 6.10 Å². The molecule has 1 N–H and O–H groups in total. The van der Waals surface area contributed by atoms with E-state index in [0.717, 1.165) is 23.5 Å². The predicted molar refractivity (Wildman–Crippen MR) is 97.7 cm³/mol. The monoisotopic (exact) mass is 410 g/mol. The van der Waals surface area contributed by atoms with Gasteiger partial charge < -0.3 is 10.1 Å². The molecule has 0 aliphatic carbocycles. The fraction of sp³-hybridized carbons (Fsp3) is 0.158. The Labute approximate surface area is 161 Å². The molecule has 1 unspecified atom stereocenters. The van der Waals surface area contributed by atoms with Crippen LogP contribution in [0, 0.1) is 5.82 Å². The van der Waals surface area contributed by atoms with Crippen molar-refractivity contribution in [2.24, 2.45) is 0 Å². The zero-order valence-electron chi connectivity index (χ0n) is 14.5. The number of hydrogen-bond donors (Lipinski definition) is 1. The van der Waals surface area contributed by atoms with Crippen LogP contribution in [0.25, 0.3) is 11.3 Å². The number of nitrogens with zero attached hydrogens (tertiary/aromatic N) is 1. The Morgan fingerprint density at radius 1 is 1.14 bits per heavy atom. The number of carbonyl (C=O) groups is 1. The lowest BCUT2D eigenvalue weighted by molar-refractivity contribution is -0.140. The van der Waals surface area contributed by atoms with Crippen LogP contribution in [0.4, 0.5) is 22.6 Å². The van der Waals surface area contributed by atoms with Gasteiger partial charge in [-0.2, -0.15) is 13.2 Å². The van der Waals surface area contributed by atoms with Crippen molar-refractivity contribution in [3.8, 4) is 17.0 Å². The largest absolute Gasteiger partial charge is 0.480 e. The summed E-state index contributed by atoms with van der Waals surface area (Å²) < 4.78 is 57.5. The normalized spacial score (nSPS) is 12.5. The Hall–Kier alpha value is -2.94. The van der Waals surface area contributed by atoms with Crippen molar-refractivity contribution in [2.45, 2.75) is 19.2 Å². The van der Waals surface area contributed by atoms with E-state index in [9.17, 15) is 22.4 Å². The smallest absolute Gasteiger partial charge is 0.419 e. The number of para-hydroxylation sites is 1. The average Bonchev–Trinajstić information content (AvgIpc) is 3.10. The van der Waals surface area contributed by atoms with E-state index >= 15 is 0 Å². The predicted octanol–water partition coefficient (Wildman–Crippen LogP) is 5.37. The molecular weight excluding hydrogens is 396 g/mol. The maximum absolute atomic E-state index is 13.1. The quantitative estimate of drug-likeness (QED) is 0.575. The molecule has 0 saturated carbocycles. The van der Waals surface area contributed by atoms with Crippen molar-refractivity contribution in [2.75, 3.05) is 5.32 Å². The van der Waals surface area contributed by atoms with E-state index in [1.807, 2.05) is 0 Å². The molecule has 9 heteroatoms. The Balaban J connectivity index is 1.75. The summed E-state index contributed by atoms with van der Waals surface area (Å²) >= 11 is 1.14. The van der Waals surface area contributed by atoms with Gasteiger partial charge in [-0.05, 0) is 43.3 Å². The molecule has 3 rings (SSSR count). The zero-order valence-corrected chi connectivity index (χ0v) is 15.3. The number of hydrogen-bond acceptors (Lipinski definition) is 4. The number of benzene rings is 2. The van der Waals surface area contributed by atoms with E-state index in [4.69, 9.17) is 4.74 Å². The minimum atomic E-state index is -4.60. The van der Waals surface area contributed by atoms with E-state index in [-0.39, 0.29) is 0 Å². The molecule has 0 radical (unpaired) electrons. The Morgan fingerprint density at radius 3 is 2.50 bits per heavy atom. The first-order valence-corrected chi connectivity index (χ1v) is 8.97. The van der Waals surface area contributed by atoms with Crippen molar-refractivity contribution in [3.05, 3.63) is 65.4 Å². The summed E-state index contributed by atoms with van der Waals surface area (Å²) in [6.45, 7) is 1.35. The number of ether oxygens (including phenoxy) is 1. The third-order valence-electron chi connectivity index (χ3n) is 3.79. The van der Waals surface area contributed by atoms with E-state index < -0.39 is 35.3 Å². The summed E-state index contributed by atoms with van der Waals surface area (Å²) in [5.74, 6) is -1.47. The molecular formula is C19H14F4N2O2S. The van der Waals surface area contributed by atoms with Gasteiger partial charge in [0.2, 0.25) is 0 Å². The molecule has 0 aliphatic rings. The number of alkyl halides is 3. The van der Waals surface area contributed by atoms with Crippen LogP contribution in [0.15, 0.2) is 54.0 Å². The first-order chi connectivity index (χ1) is 13.3. The second-order valence-electron chi connectivity index (χ2n) is 5.78. The SMILES string of the molecule is CC(Oc1ccccc1C(F)(F)F)C(=O)Nc1scnc1-c1ccc(F)cc1. The van der Waals surface area contributed by atoms with Crippen LogP contribution in [-0.4, -0.2) is 17.0 Å². The molecule has 0 fully saturated rings. The maximum Gasteiger partial charge on any atom is 0.419 e. The molecule has 0 saturated heterocycles. The number of amides is 1. The van der Waals surface area contributed by atoms with Gasteiger partial charge in [0.25, 0.3) is 5.91 Å². The first-order valence-electron chi connectivity index (χ1n) is 8.09. The number of thiazole rings is 1. The van der Waals surface area contributed by atoms with Gasteiger partial charge >= 0.3 is 6.18 Å². The summed E-state index contributed by atoms with van der Waals surface area (Å²) in [6.07, 6.45) is -5.79. The number of halogens is 4. The van der Waals surface area contributed by atoms with Crippen molar-refractivity contribution < 1.29 is 27.1 Å². The van der Waals surface area contributed by atoms with Gasteiger partial charge in [0, 0.05) is 5.56 Å². The standard InChI is InChI=1S/C19H14F4N2O2S/c1-11(27-15-5-3-2-4-14(15)19(21,22)23)17(26)25-18-16(24-10-28-18)12-6-8-13(20)9-7-12/h2-11H,1H3,(H,25,26). The number of nitrogens with one attached hydrogen (secondary N) is 1. The van der Waals surface area contributed by atoms with E-state index in [1.165, 1.54) is 48.8 Å². The third-order valence-corrected chi connectivity index (χ3v) is 4.53. The highest BCUT2D eigenvalue weighted by Crippen LogP contribution is 2.36. The molecule has 1 atom stereocenters. The van der Waals surface area contributed by atoms with E-state index in [1.54, 1.807) is 0 Å². The minimum absolute atomic E-state index is 0.385. The van der Waals surface area contributed by atoms with Gasteiger partial charge in [0.1, 0.15) is 22.3 Å². The lowest BCUT2D eigenvalue weighted by Gasteiger charge is -2.18. The Bertz CT molecular complexity index is 971. The third kappa shape index (κ3) is 4.48. The molecule has 0 spiro atoms. The second-order valence-corrected chi connectivity index (χ2v) is 6.64. The lowest BCUT2D eigenvalue weighted by Crippen LogP contribution is -2.30. The lowest BCUT2D eigenvalue weighted by atomic mass is 10.1. The second kappa shape index (κ2) is 7.97. The Morgan fingerprint density at radius 2 is 1.82 bits per heavy atom. The summed E-state index contributed by atoms with van der Waals surface area (Å²) in [7, 11) is 0. The molecule has 1 aromatic heterocycles. The van der Waals surface area contributed by atoms with Crippen LogP contribution >= 0.6 is 11.3 Å². The van der Waals surface area contributed by atoms with Crippen LogP contribution in [0.2, 0.25) is 0 Å². The number of carbonyl (C=O) groups excluding carboxylic acids is 1. The summed E-state index contributed by atoms with van der Waals surface area (Å²) in [6, 6.07) is 10.2. The van der Waals surface area contributed by atoms with Crippen LogP contribution in [0.1, 0.15) is 12.5 Å². The molecule has 3 aromatic rings. The van der Waals surface area contributed by atoms with Crippen molar-refractivity contribution >= 4 is 22.2 Å². The van der Waals surface area contributed by atoms with E-state index in [2.05, 4.69) is 10.3 Å². The molecule has 4 nitrogen and oxygen atoms in total. The number of anilines is 1. The molecule has 28 heavy (non-hydrogen) atoms. The molecule has 0 bridgehead atoms. The molecule has 1 heterocycles. The van der Waals surface area contributed by atoms with Crippen LogP contribution in [0.3, 0.4) is 0 Å². The maximum atomic E-state index is 13.1. The van der Waals surface area contributed by atoms with Crippen LogP contribution in [-0.2, 0) is 11.0 Å². The summed E-state index contributed by atoms with van der Waals surface area (Å²) in [4.78, 5) is 16.6. The van der Waals surface area contributed by atoms with Crippen LogP contribution in [0.5, 0.6) is 5.75 Å². The van der Waals surface area contributed by atoms with Gasteiger partial charge in [-0.15, -0.1) is 11.3 Å². The molecule has 2 aromatic carbocycles. The molecule has 146 valence electrons. The van der Waals surface area contributed by atoms with Gasteiger partial charge in [-0.25, -0.2) is 9.37 Å². The number of rotatable bonds is 5. The molecule has 0 aliphatic heterocycles. The highest BCUT2D eigenvalue weighted by molar-refractivity contribution is 7.14. The topological polar surface area (TPSA) is 51.2 Å². The average molecular weight is 410 g/mol. The van der Waals surface area contributed by atoms with Gasteiger partial charge in [-0.3, -0.25) is 4.79 Å². The zero-order chi connectivity index (χ0) is 20.3. The van der Waals surface area contributed by atoms with Gasteiger partial charge in [-0.1, -0.05) is 12.1 Å². The fourth-order valence-electron chi connectivity index (χ4n) is 2.41. The van der Waals surface area contributed by atoms with Crippen molar-refractivity contribution in [1.29, 1.82) is 0 Å². The summed E-state index contributed by atoms with van der Waals surface area (Å²) in [5.41, 5.74) is 1.56. The fourth-order valence-corrected chi connectivity index (χ4v) is 3.11. The van der Waals surface area contributed by atoms with Crippen molar-refractivity contribution in [3.63, 3.8) is 0 Å². The highest BCUT2D eigenvalue weighted by atomic mass is 32.1. The highest BCUT2D eigenvalue weighted by Gasteiger charge is 2.34. The Kier molecular flexibility index (Phi) is 5.64. The number of aromatic nitrogens is 1. The molecule has 1 amide bonds. The minimum Gasteiger partial charge on any atom is -0.480 e. The van der Waals surface area contributed by atoms with Gasteiger partial charge in [0.05, 0.1) is 11.1 Å².